The van der Waals surface area contributed by atoms with Crippen LogP contribution in [0.1, 0.15) is 23.1 Å². The van der Waals surface area contributed by atoms with Crippen molar-refractivity contribution in [3.05, 3.63) is 64.5 Å². The average molecular weight is 407 g/mol. The largest absolute Gasteiger partial charge is 0.504 e. The van der Waals surface area contributed by atoms with E-state index in [-0.39, 0.29) is 5.75 Å². The third-order valence-corrected chi connectivity index (χ3v) is 6.82. The Morgan fingerprint density at radius 2 is 2.03 bits per heavy atom. The van der Waals surface area contributed by atoms with Gasteiger partial charge in [-0.25, -0.2) is 0 Å². The van der Waals surface area contributed by atoms with Crippen molar-refractivity contribution < 1.29 is 9.84 Å². The number of ether oxygens (including phenoxy) is 1. The van der Waals surface area contributed by atoms with Gasteiger partial charge in [-0.05, 0) is 59.2 Å². The van der Waals surface area contributed by atoms with Gasteiger partial charge in [0.2, 0.25) is 0 Å². The highest BCUT2D eigenvalue weighted by Gasteiger charge is 2.21. The number of rotatable bonds is 3. The van der Waals surface area contributed by atoms with E-state index in [1.165, 1.54) is 23.2 Å². The molecule has 0 atom stereocenters. The number of hydrogen-bond donors (Lipinski definition) is 1. The molecule has 0 aliphatic carbocycles. The molecule has 0 radical (unpaired) electrons. The fourth-order valence-corrected chi connectivity index (χ4v) is 5.18. The van der Waals surface area contributed by atoms with Crippen LogP contribution in [0.5, 0.6) is 11.5 Å². The predicted molar refractivity (Wildman–Crippen MR) is 119 cm³/mol. The van der Waals surface area contributed by atoms with Gasteiger partial charge in [0.25, 0.3) is 0 Å². The van der Waals surface area contributed by atoms with Gasteiger partial charge in [-0.1, -0.05) is 18.2 Å². The first kappa shape index (κ1) is 18.5. The van der Waals surface area contributed by atoms with Gasteiger partial charge in [-0.3, -0.25) is 4.90 Å². The van der Waals surface area contributed by atoms with Crippen LogP contribution >= 0.6 is 11.3 Å². The third kappa shape index (κ3) is 3.72. The summed E-state index contributed by atoms with van der Waals surface area (Å²) in [6, 6.07) is 15.0. The molecule has 0 bridgehead atoms. The fourth-order valence-electron chi connectivity index (χ4n) is 4.47. The van der Waals surface area contributed by atoms with E-state index >= 15 is 0 Å². The van der Waals surface area contributed by atoms with Gasteiger partial charge in [0.05, 0.1) is 0 Å². The highest BCUT2D eigenvalue weighted by atomic mass is 32.1. The molecule has 29 heavy (non-hydrogen) atoms. The maximum Gasteiger partial charge on any atom is 0.165 e. The monoisotopic (exact) mass is 406 g/mol. The first-order chi connectivity index (χ1) is 14.2. The molecule has 5 rings (SSSR count). The second-order valence-corrected chi connectivity index (χ2v) is 8.96. The standard InChI is InChI=1S/C24H26N2O2S/c1-25-8-2-4-18-12-17(6-7-21(18)25)15-26-9-10-28-24-20(16-26)13-19(14-22(24)27)23-5-3-11-29-23/h3,5-7,11-14,27H,2,4,8-10,15-16H2,1H3. The van der Waals surface area contributed by atoms with E-state index in [4.69, 9.17) is 4.74 Å². The zero-order valence-electron chi connectivity index (χ0n) is 16.7. The van der Waals surface area contributed by atoms with Gasteiger partial charge in [-0.15, -0.1) is 11.3 Å². The van der Waals surface area contributed by atoms with Crippen molar-refractivity contribution in [2.45, 2.75) is 25.9 Å². The van der Waals surface area contributed by atoms with Crippen LogP contribution in [0.4, 0.5) is 5.69 Å². The molecule has 3 heterocycles. The van der Waals surface area contributed by atoms with Crippen molar-refractivity contribution in [2.24, 2.45) is 0 Å². The minimum atomic E-state index is 0.240. The summed E-state index contributed by atoms with van der Waals surface area (Å²) in [5.41, 5.74) is 6.29. The number of benzene rings is 2. The molecule has 0 saturated heterocycles. The molecule has 0 saturated carbocycles. The number of anilines is 1. The molecule has 0 amide bonds. The Morgan fingerprint density at radius 1 is 1.10 bits per heavy atom. The van der Waals surface area contributed by atoms with Crippen molar-refractivity contribution in [2.75, 3.05) is 31.6 Å². The molecule has 0 fully saturated rings. The molecule has 1 N–H and O–H groups in total. The highest BCUT2D eigenvalue weighted by Crippen LogP contribution is 2.39. The van der Waals surface area contributed by atoms with Gasteiger partial charge in [0, 0.05) is 49.4 Å². The maximum absolute atomic E-state index is 10.6. The number of thiophene rings is 1. The number of hydrogen-bond acceptors (Lipinski definition) is 5. The summed E-state index contributed by atoms with van der Waals surface area (Å²) in [5, 5.41) is 12.6. The van der Waals surface area contributed by atoms with Crippen LogP contribution < -0.4 is 9.64 Å². The lowest BCUT2D eigenvalue weighted by atomic mass is 9.99. The molecular weight excluding hydrogens is 380 g/mol. The number of nitrogens with zero attached hydrogens (tertiary/aromatic N) is 2. The van der Waals surface area contributed by atoms with E-state index in [1.807, 2.05) is 12.1 Å². The Balaban J connectivity index is 1.40. The second-order valence-electron chi connectivity index (χ2n) is 8.01. The van der Waals surface area contributed by atoms with Gasteiger partial charge in [-0.2, -0.15) is 0 Å². The zero-order chi connectivity index (χ0) is 19.8. The SMILES string of the molecule is CN1CCCc2cc(CN3CCOc4c(O)cc(-c5cccs5)cc4C3)ccc21. The van der Waals surface area contributed by atoms with Gasteiger partial charge in [0.15, 0.2) is 11.5 Å². The van der Waals surface area contributed by atoms with E-state index < -0.39 is 0 Å². The first-order valence-electron chi connectivity index (χ1n) is 10.3. The maximum atomic E-state index is 10.6. The Bertz CT molecular complexity index is 1020. The Labute approximate surface area is 176 Å². The Morgan fingerprint density at radius 3 is 2.90 bits per heavy atom. The summed E-state index contributed by atoms with van der Waals surface area (Å²) < 4.78 is 5.93. The highest BCUT2D eigenvalue weighted by molar-refractivity contribution is 7.13. The van der Waals surface area contributed by atoms with Crippen molar-refractivity contribution in [1.82, 2.24) is 4.90 Å². The van der Waals surface area contributed by atoms with Crippen LogP contribution in [0.15, 0.2) is 47.8 Å². The van der Waals surface area contributed by atoms with Crippen molar-refractivity contribution in [3.8, 4) is 21.9 Å². The quantitative estimate of drug-likeness (QED) is 0.671. The van der Waals surface area contributed by atoms with E-state index in [1.54, 1.807) is 11.3 Å². The molecule has 4 nitrogen and oxygen atoms in total. The van der Waals surface area contributed by atoms with Crippen LogP contribution in [-0.4, -0.2) is 36.8 Å². The van der Waals surface area contributed by atoms with E-state index in [2.05, 4.69) is 52.6 Å². The molecule has 5 heteroatoms. The molecule has 0 unspecified atom stereocenters. The number of aryl methyl sites for hydroxylation is 1. The van der Waals surface area contributed by atoms with Crippen LogP contribution in [-0.2, 0) is 19.5 Å². The normalized spacial score (nSPS) is 16.7. The van der Waals surface area contributed by atoms with E-state index in [0.717, 1.165) is 48.6 Å². The molecule has 2 aliphatic heterocycles. The van der Waals surface area contributed by atoms with E-state index in [9.17, 15) is 5.11 Å². The number of aromatic hydroxyl groups is 1. The second kappa shape index (κ2) is 7.73. The summed E-state index contributed by atoms with van der Waals surface area (Å²) >= 11 is 1.69. The topological polar surface area (TPSA) is 35.9 Å². The van der Waals surface area contributed by atoms with Crippen molar-refractivity contribution in [3.63, 3.8) is 0 Å². The third-order valence-electron chi connectivity index (χ3n) is 5.90. The van der Waals surface area contributed by atoms with Gasteiger partial charge in [0.1, 0.15) is 6.61 Å². The molecule has 2 aliphatic rings. The lowest BCUT2D eigenvalue weighted by molar-refractivity contribution is 0.217. The number of fused-ring (bicyclic) bond motifs is 2. The van der Waals surface area contributed by atoms with Gasteiger partial charge >= 0.3 is 0 Å². The smallest absolute Gasteiger partial charge is 0.165 e. The van der Waals surface area contributed by atoms with E-state index in [0.29, 0.717) is 12.4 Å². The van der Waals surface area contributed by atoms with Crippen LogP contribution in [0.3, 0.4) is 0 Å². The molecule has 3 aromatic rings. The summed E-state index contributed by atoms with van der Waals surface area (Å²) in [6.07, 6.45) is 2.39. The van der Waals surface area contributed by atoms with Crippen LogP contribution in [0.2, 0.25) is 0 Å². The molecule has 150 valence electrons. The molecule has 0 spiro atoms. The zero-order valence-corrected chi connectivity index (χ0v) is 17.5. The average Bonchev–Trinajstić information content (AvgIpc) is 3.17. The van der Waals surface area contributed by atoms with Crippen LogP contribution in [0.25, 0.3) is 10.4 Å². The summed E-state index contributed by atoms with van der Waals surface area (Å²) in [7, 11) is 2.18. The molecular formula is C24H26N2O2S. The number of phenols is 1. The number of phenolic OH excluding ortho intramolecular Hbond substituents is 1. The Kier molecular flexibility index (Phi) is 4.94. The Hall–Kier alpha value is -2.50. The first-order valence-corrected chi connectivity index (χ1v) is 11.1. The minimum Gasteiger partial charge on any atom is -0.504 e. The molecule has 2 aromatic carbocycles. The summed E-state index contributed by atoms with van der Waals surface area (Å²) in [6.45, 7) is 4.25. The predicted octanol–water partition coefficient (Wildman–Crippen LogP) is 4.90. The van der Waals surface area contributed by atoms with Gasteiger partial charge < -0.3 is 14.7 Å². The lowest BCUT2D eigenvalue weighted by Gasteiger charge is -2.28. The van der Waals surface area contributed by atoms with Crippen molar-refractivity contribution in [1.29, 1.82) is 0 Å². The van der Waals surface area contributed by atoms with Crippen molar-refractivity contribution >= 4 is 17.0 Å². The minimum absolute atomic E-state index is 0.240. The fraction of sp³-hybridized carbons (Fsp3) is 0.333. The van der Waals surface area contributed by atoms with Crippen LogP contribution in [0, 0.1) is 0 Å². The summed E-state index contributed by atoms with van der Waals surface area (Å²) in [5.74, 6) is 0.879. The summed E-state index contributed by atoms with van der Waals surface area (Å²) in [4.78, 5) is 5.93. The molecule has 1 aromatic heterocycles. The lowest BCUT2D eigenvalue weighted by Crippen LogP contribution is -2.26.